The Morgan fingerprint density at radius 1 is 1.22 bits per heavy atom. The minimum Gasteiger partial charge on any atom is -0.294 e. The first-order valence-corrected chi connectivity index (χ1v) is 4.90. The van der Waals surface area contributed by atoms with Crippen LogP contribution in [0.2, 0.25) is 0 Å². The van der Waals surface area contributed by atoms with Crippen LogP contribution in [0.5, 0.6) is 0 Å². The molecule has 0 saturated heterocycles. The van der Waals surface area contributed by atoms with Gasteiger partial charge in [-0.3, -0.25) is 9.59 Å². The van der Waals surface area contributed by atoms with E-state index in [1.807, 2.05) is 0 Å². The van der Waals surface area contributed by atoms with E-state index in [1.54, 1.807) is 0 Å². The summed E-state index contributed by atoms with van der Waals surface area (Å²) < 4.78 is 38.4. The van der Waals surface area contributed by atoms with Gasteiger partial charge in [0, 0.05) is 5.39 Å². The number of alkyl halides is 3. The molecule has 3 nitrogen and oxygen atoms in total. The molecule has 0 unspecified atom stereocenters. The first kappa shape index (κ1) is 12.2. The number of nitrogens with zero attached hydrogens (tertiary/aromatic N) is 1. The van der Waals surface area contributed by atoms with Crippen molar-refractivity contribution in [1.82, 2.24) is 4.98 Å². The van der Waals surface area contributed by atoms with E-state index in [2.05, 4.69) is 4.98 Å². The van der Waals surface area contributed by atoms with Gasteiger partial charge >= 0.3 is 6.18 Å². The Morgan fingerprint density at radius 2 is 1.89 bits per heavy atom. The van der Waals surface area contributed by atoms with Crippen molar-refractivity contribution in [1.29, 1.82) is 0 Å². The zero-order valence-electron chi connectivity index (χ0n) is 8.86. The van der Waals surface area contributed by atoms with Crippen LogP contribution in [0.1, 0.15) is 16.2 Å². The van der Waals surface area contributed by atoms with Gasteiger partial charge in [-0.15, -0.1) is 0 Å². The zero-order chi connectivity index (χ0) is 13.3. The Morgan fingerprint density at radius 3 is 2.50 bits per heavy atom. The van der Waals surface area contributed by atoms with E-state index >= 15 is 0 Å². The number of rotatable bonds is 2. The Kier molecular flexibility index (Phi) is 2.86. The van der Waals surface area contributed by atoms with E-state index in [9.17, 15) is 22.8 Å². The molecule has 1 heterocycles. The standard InChI is InChI=1S/C12H6F3NO2/c13-12(14,15)11-8-4-2-1-3-7(8)5-9(16-11)10(18)6-17/h1-6H. The summed E-state index contributed by atoms with van der Waals surface area (Å²) in [6, 6.07) is 6.84. The predicted octanol–water partition coefficient (Wildman–Crippen LogP) is 2.64. The number of hydrogen-bond acceptors (Lipinski definition) is 3. The average molecular weight is 253 g/mol. The number of hydrogen-bond donors (Lipinski definition) is 0. The lowest BCUT2D eigenvalue weighted by molar-refractivity contribution is -0.139. The first-order valence-electron chi connectivity index (χ1n) is 4.90. The summed E-state index contributed by atoms with van der Waals surface area (Å²) in [7, 11) is 0. The topological polar surface area (TPSA) is 47.0 Å². The molecule has 0 bridgehead atoms. The van der Waals surface area contributed by atoms with Crippen molar-refractivity contribution in [2.24, 2.45) is 0 Å². The maximum Gasteiger partial charge on any atom is 0.433 e. The van der Waals surface area contributed by atoms with Crippen LogP contribution < -0.4 is 0 Å². The number of pyridine rings is 1. The molecule has 0 saturated carbocycles. The monoisotopic (exact) mass is 253 g/mol. The summed E-state index contributed by atoms with van der Waals surface area (Å²) >= 11 is 0. The second-order valence-electron chi connectivity index (χ2n) is 3.56. The lowest BCUT2D eigenvalue weighted by atomic mass is 10.1. The fraction of sp³-hybridized carbons (Fsp3) is 0.0833. The third-order valence-corrected chi connectivity index (χ3v) is 2.37. The molecule has 0 radical (unpaired) electrons. The van der Waals surface area contributed by atoms with E-state index in [0.717, 1.165) is 0 Å². The van der Waals surface area contributed by atoms with Gasteiger partial charge in [-0.25, -0.2) is 4.98 Å². The molecule has 0 N–H and O–H groups in total. The SMILES string of the molecule is O=CC(=O)c1cc2ccccc2c(C(F)(F)F)n1. The number of Topliss-reactive ketones (excluding diaryl/α,β-unsaturated/α-hetero) is 1. The molecule has 0 aliphatic carbocycles. The number of carbonyl (C=O) groups is 2. The molecule has 18 heavy (non-hydrogen) atoms. The van der Waals surface area contributed by atoms with Crippen LogP contribution in [-0.4, -0.2) is 17.1 Å². The first-order chi connectivity index (χ1) is 8.43. The highest BCUT2D eigenvalue weighted by Crippen LogP contribution is 2.33. The molecule has 0 atom stereocenters. The fourth-order valence-corrected chi connectivity index (χ4v) is 1.60. The van der Waals surface area contributed by atoms with Gasteiger partial charge in [0.25, 0.3) is 0 Å². The van der Waals surface area contributed by atoms with Crippen molar-refractivity contribution in [3.05, 3.63) is 41.7 Å². The third kappa shape index (κ3) is 2.09. The average Bonchev–Trinajstić information content (AvgIpc) is 2.35. The maximum atomic E-state index is 12.8. The Hall–Kier alpha value is -2.24. The van der Waals surface area contributed by atoms with Crippen LogP contribution in [0, 0.1) is 0 Å². The van der Waals surface area contributed by atoms with E-state index in [4.69, 9.17) is 0 Å². The summed E-state index contributed by atoms with van der Waals surface area (Å²) in [5.41, 5.74) is -1.66. The molecular weight excluding hydrogens is 247 g/mol. The molecule has 0 aliphatic rings. The smallest absolute Gasteiger partial charge is 0.294 e. The summed E-state index contributed by atoms with van der Waals surface area (Å²) in [5.74, 6) is -1.08. The Balaban J connectivity index is 2.81. The van der Waals surface area contributed by atoms with Crippen molar-refractivity contribution in [2.45, 2.75) is 6.18 Å². The highest BCUT2D eigenvalue weighted by Gasteiger charge is 2.35. The van der Waals surface area contributed by atoms with Gasteiger partial charge in [-0.05, 0) is 11.5 Å². The van der Waals surface area contributed by atoms with Gasteiger partial charge in [0.1, 0.15) is 5.69 Å². The molecular formula is C12H6F3NO2. The van der Waals surface area contributed by atoms with Crippen LogP contribution in [0.15, 0.2) is 30.3 Å². The normalized spacial score (nSPS) is 11.5. The number of fused-ring (bicyclic) bond motifs is 1. The largest absolute Gasteiger partial charge is 0.433 e. The lowest BCUT2D eigenvalue weighted by Crippen LogP contribution is -2.13. The predicted molar refractivity (Wildman–Crippen MR) is 57.1 cm³/mol. The van der Waals surface area contributed by atoms with Crippen molar-refractivity contribution in [3.63, 3.8) is 0 Å². The molecule has 6 heteroatoms. The minimum absolute atomic E-state index is 0.0583. The number of ketones is 1. The third-order valence-electron chi connectivity index (χ3n) is 2.37. The van der Waals surface area contributed by atoms with E-state index < -0.39 is 23.3 Å². The number of aldehydes is 1. The zero-order valence-corrected chi connectivity index (χ0v) is 8.86. The van der Waals surface area contributed by atoms with Crippen molar-refractivity contribution >= 4 is 22.8 Å². The summed E-state index contributed by atoms with van der Waals surface area (Å²) in [4.78, 5) is 24.7. The van der Waals surface area contributed by atoms with E-state index in [-0.39, 0.29) is 17.1 Å². The molecule has 92 valence electrons. The Bertz CT molecular complexity index is 635. The van der Waals surface area contributed by atoms with Crippen LogP contribution in [0.3, 0.4) is 0 Å². The van der Waals surface area contributed by atoms with Gasteiger partial charge in [0.2, 0.25) is 5.78 Å². The second-order valence-corrected chi connectivity index (χ2v) is 3.56. The fourth-order valence-electron chi connectivity index (χ4n) is 1.60. The quantitative estimate of drug-likeness (QED) is 0.469. The van der Waals surface area contributed by atoms with Crippen LogP contribution in [0.25, 0.3) is 10.8 Å². The number of aromatic nitrogens is 1. The number of carbonyl (C=O) groups excluding carboxylic acids is 2. The molecule has 2 rings (SSSR count). The van der Waals surface area contributed by atoms with Gasteiger partial charge in [-0.1, -0.05) is 24.3 Å². The molecule has 0 fully saturated rings. The minimum atomic E-state index is -4.68. The molecule has 0 spiro atoms. The Labute approximate surface area is 99.2 Å². The van der Waals surface area contributed by atoms with Crippen LogP contribution >= 0.6 is 0 Å². The second kappa shape index (κ2) is 4.21. The highest BCUT2D eigenvalue weighted by atomic mass is 19.4. The molecule has 1 aromatic heterocycles. The molecule has 1 aromatic carbocycles. The summed E-state index contributed by atoms with van der Waals surface area (Å²) in [5, 5.41) is 0.109. The van der Waals surface area contributed by atoms with E-state index in [0.29, 0.717) is 0 Å². The molecule has 2 aromatic rings. The van der Waals surface area contributed by atoms with Crippen LogP contribution in [0.4, 0.5) is 13.2 Å². The lowest BCUT2D eigenvalue weighted by Gasteiger charge is -2.10. The molecule has 0 amide bonds. The highest BCUT2D eigenvalue weighted by molar-refractivity contribution is 6.33. The van der Waals surface area contributed by atoms with Gasteiger partial charge in [0.15, 0.2) is 12.0 Å². The summed E-state index contributed by atoms with van der Waals surface area (Å²) in [6.45, 7) is 0. The van der Waals surface area contributed by atoms with Gasteiger partial charge in [-0.2, -0.15) is 13.2 Å². The number of halogens is 3. The van der Waals surface area contributed by atoms with Gasteiger partial charge in [0.05, 0.1) is 0 Å². The number of benzene rings is 1. The molecule has 0 aliphatic heterocycles. The van der Waals surface area contributed by atoms with E-state index in [1.165, 1.54) is 30.3 Å². The van der Waals surface area contributed by atoms with Crippen molar-refractivity contribution < 1.29 is 22.8 Å². The summed E-state index contributed by atoms with van der Waals surface area (Å²) in [6.07, 6.45) is -4.74. The maximum absolute atomic E-state index is 12.8. The van der Waals surface area contributed by atoms with Crippen molar-refractivity contribution in [2.75, 3.05) is 0 Å². The van der Waals surface area contributed by atoms with Gasteiger partial charge < -0.3 is 0 Å². The van der Waals surface area contributed by atoms with Crippen LogP contribution in [-0.2, 0) is 11.0 Å². The van der Waals surface area contributed by atoms with Crippen molar-refractivity contribution in [3.8, 4) is 0 Å².